The molecule has 7 heteroatoms. The van der Waals surface area contributed by atoms with Crippen LogP contribution in [0.1, 0.15) is 24.1 Å². The normalized spacial score (nSPS) is 20.2. The van der Waals surface area contributed by atoms with Crippen LogP contribution in [0.4, 0.5) is 0 Å². The highest BCUT2D eigenvalue weighted by Crippen LogP contribution is 2.35. The van der Waals surface area contributed by atoms with Crippen molar-refractivity contribution in [2.75, 3.05) is 19.7 Å². The summed E-state index contributed by atoms with van der Waals surface area (Å²) in [4.78, 5) is 38.3. The Morgan fingerprint density at radius 2 is 2.12 bits per heavy atom. The number of rotatable bonds is 4. The van der Waals surface area contributed by atoms with Crippen LogP contribution in [0.25, 0.3) is 11.4 Å². The van der Waals surface area contributed by atoms with E-state index in [0.29, 0.717) is 42.7 Å². The van der Waals surface area contributed by atoms with Crippen molar-refractivity contribution in [2.24, 2.45) is 5.92 Å². The first-order chi connectivity index (χ1) is 12.6. The number of carbonyl (C=O) groups is 1. The Morgan fingerprint density at radius 3 is 2.81 bits per heavy atom. The molecular formula is C19H22N4O3. The second kappa shape index (κ2) is 6.99. The Bertz CT molecular complexity index is 861. The minimum atomic E-state index is -0.260. The van der Waals surface area contributed by atoms with Crippen LogP contribution in [0.3, 0.4) is 0 Å². The smallest absolute Gasteiger partial charge is 0.255 e. The van der Waals surface area contributed by atoms with Crippen LogP contribution in [0.15, 0.2) is 29.3 Å². The van der Waals surface area contributed by atoms with E-state index in [0.717, 1.165) is 5.56 Å². The lowest BCUT2D eigenvalue weighted by Crippen LogP contribution is -2.47. The lowest BCUT2D eigenvalue weighted by atomic mass is 10.1. The molecule has 0 aromatic carbocycles. The molecule has 0 bridgehead atoms. The number of amides is 1. The van der Waals surface area contributed by atoms with Crippen LogP contribution in [-0.2, 0) is 16.0 Å². The van der Waals surface area contributed by atoms with Gasteiger partial charge in [-0.1, -0.05) is 0 Å². The van der Waals surface area contributed by atoms with E-state index in [-0.39, 0.29) is 24.0 Å². The molecule has 1 atom stereocenters. The number of pyridine rings is 1. The van der Waals surface area contributed by atoms with E-state index in [1.54, 1.807) is 31.5 Å². The molecule has 2 aromatic heterocycles. The van der Waals surface area contributed by atoms with Gasteiger partial charge < -0.3 is 14.6 Å². The maximum Gasteiger partial charge on any atom is 0.255 e. The Labute approximate surface area is 151 Å². The van der Waals surface area contributed by atoms with Gasteiger partial charge in [0.15, 0.2) is 0 Å². The molecular weight excluding hydrogens is 332 g/mol. The molecule has 1 saturated heterocycles. The van der Waals surface area contributed by atoms with Crippen molar-refractivity contribution in [3.63, 3.8) is 0 Å². The zero-order chi connectivity index (χ0) is 18.1. The number of ether oxygens (including phenoxy) is 1. The van der Waals surface area contributed by atoms with Gasteiger partial charge in [0.1, 0.15) is 5.82 Å². The maximum absolute atomic E-state index is 12.7. The molecule has 0 radical (unpaired) electrons. The number of H-pyrrole nitrogens is 1. The molecule has 7 nitrogen and oxygen atoms in total. The number of hydrogen-bond donors (Lipinski definition) is 1. The highest BCUT2D eigenvalue weighted by molar-refractivity contribution is 5.79. The Kier molecular flexibility index (Phi) is 4.55. The molecule has 2 fully saturated rings. The highest BCUT2D eigenvalue weighted by atomic mass is 16.5. The van der Waals surface area contributed by atoms with Crippen LogP contribution in [0, 0.1) is 12.8 Å². The van der Waals surface area contributed by atoms with Crippen molar-refractivity contribution in [3.05, 3.63) is 46.1 Å². The molecule has 1 aliphatic heterocycles. The van der Waals surface area contributed by atoms with Gasteiger partial charge >= 0.3 is 0 Å². The number of morpholine rings is 1. The van der Waals surface area contributed by atoms with E-state index >= 15 is 0 Å². The third kappa shape index (κ3) is 3.53. The van der Waals surface area contributed by atoms with E-state index < -0.39 is 0 Å². The zero-order valence-electron chi connectivity index (χ0n) is 14.8. The van der Waals surface area contributed by atoms with E-state index in [4.69, 9.17) is 4.74 Å². The molecule has 2 aliphatic rings. The fraction of sp³-hybridized carbons (Fsp3) is 0.474. The van der Waals surface area contributed by atoms with Gasteiger partial charge in [-0.25, -0.2) is 4.98 Å². The Balaban J connectivity index is 1.51. The lowest BCUT2D eigenvalue weighted by Gasteiger charge is -2.33. The molecule has 1 N–H and O–H groups in total. The molecule has 26 heavy (non-hydrogen) atoms. The lowest BCUT2D eigenvalue weighted by molar-refractivity contribution is -0.138. The molecule has 3 heterocycles. The van der Waals surface area contributed by atoms with Crippen molar-refractivity contribution in [2.45, 2.75) is 32.3 Å². The third-order valence-electron chi connectivity index (χ3n) is 5.10. The second-order valence-corrected chi connectivity index (χ2v) is 6.98. The fourth-order valence-corrected chi connectivity index (χ4v) is 3.38. The van der Waals surface area contributed by atoms with E-state index in [9.17, 15) is 9.59 Å². The molecule has 0 spiro atoms. The highest BCUT2D eigenvalue weighted by Gasteiger charge is 2.36. The molecule has 1 unspecified atom stereocenters. The van der Waals surface area contributed by atoms with Gasteiger partial charge in [0.25, 0.3) is 5.56 Å². The monoisotopic (exact) mass is 354 g/mol. The number of hydrogen-bond acceptors (Lipinski definition) is 5. The van der Waals surface area contributed by atoms with Crippen molar-refractivity contribution in [1.29, 1.82) is 0 Å². The van der Waals surface area contributed by atoms with Crippen LogP contribution in [-0.4, -0.2) is 51.6 Å². The first-order valence-electron chi connectivity index (χ1n) is 9.01. The predicted molar refractivity (Wildman–Crippen MR) is 95.6 cm³/mol. The summed E-state index contributed by atoms with van der Waals surface area (Å²) < 4.78 is 5.77. The number of aryl methyl sites for hydroxylation is 1. The van der Waals surface area contributed by atoms with Gasteiger partial charge in [0.05, 0.1) is 19.1 Å². The summed E-state index contributed by atoms with van der Waals surface area (Å²) in [5, 5.41) is 0. The van der Waals surface area contributed by atoms with Gasteiger partial charge in [-0.2, -0.15) is 0 Å². The molecule has 1 saturated carbocycles. The standard InChI is InChI=1S/C19H22N4O3/c1-12-15(19(25)22-18(21-12)14-4-6-20-7-5-14)10-17(24)23-8-9-26-16(11-23)13-2-3-13/h4-7,13,16H,2-3,8-11H2,1H3,(H,21,22,25). The SMILES string of the molecule is Cc1nc(-c2ccncc2)[nH]c(=O)c1CC(=O)N1CCOC(C2CC2)C1. The molecule has 136 valence electrons. The Morgan fingerprint density at radius 1 is 1.35 bits per heavy atom. The fourth-order valence-electron chi connectivity index (χ4n) is 3.38. The first-order valence-corrected chi connectivity index (χ1v) is 9.01. The number of aromatic amines is 1. The van der Waals surface area contributed by atoms with Gasteiger partial charge in [0, 0.05) is 42.3 Å². The number of aromatic nitrogens is 3. The summed E-state index contributed by atoms with van der Waals surface area (Å²) in [6.07, 6.45) is 5.90. The summed E-state index contributed by atoms with van der Waals surface area (Å²) in [5.41, 5.74) is 1.55. The number of carbonyl (C=O) groups excluding carboxylic acids is 1. The third-order valence-corrected chi connectivity index (χ3v) is 5.10. The van der Waals surface area contributed by atoms with Gasteiger partial charge in [-0.3, -0.25) is 14.6 Å². The predicted octanol–water partition coefficient (Wildman–Crippen LogP) is 1.32. The summed E-state index contributed by atoms with van der Waals surface area (Å²) in [6.45, 7) is 3.56. The van der Waals surface area contributed by atoms with E-state index in [1.165, 1.54) is 12.8 Å². The topological polar surface area (TPSA) is 88.2 Å². The molecule has 4 rings (SSSR count). The van der Waals surface area contributed by atoms with Crippen LogP contribution < -0.4 is 5.56 Å². The minimum Gasteiger partial charge on any atom is -0.374 e. The first kappa shape index (κ1) is 16.9. The number of nitrogens with zero attached hydrogens (tertiary/aromatic N) is 3. The quantitative estimate of drug-likeness (QED) is 0.895. The van der Waals surface area contributed by atoms with Crippen molar-refractivity contribution < 1.29 is 9.53 Å². The van der Waals surface area contributed by atoms with Crippen molar-refractivity contribution in [3.8, 4) is 11.4 Å². The van der Waals surface area contributed by atoms with Crippen LogP contribution in [0.2, 0.25) is 0 Å². The summed E-state index contributed by atoms with van der Waals surface area (Å²) in [7, 11) is 0. The minimum absolute atomic E-state index is 0.0361. The maximum atomic E-state index is 12.7. The average molecular weight is 354 g/mol. The Hall–Kier alpha value is -2.54. The van der Waals surface area contributed by atoms with Crippen molar-refractivity contribution in [1.82, 2.24) is 19.9 Å². The average Bonchev–Trinajstić information content (AvgIpc) is 3.50. The molecule has 1 aliphatic carbocycles. The van der Waals surface area contributed by atoms with Gasteiger partial charge in [-0.15, -0.1) is 0 Å². The summed E-state index contributed by atoms with van der Waals surface area (Å²) in [5.74, 6) is 1.05. The van der Waals surface area contributed by atoms with Crippen LogP contribution >= 0.6 is 0 Å². The second-order valence-electron chi connectivity index (χ2n) is 6.98. The largest absolute Gasteiger partial charge is 0.374 e. The van der Waals surface area contributed by atoms with Gasteiger partial charge in [-0.05, 0) is 37.8 Å². The molecule has 1 amide bonds. The summed E-state index contributed by atoms with van der Waals surface area (Å²) in [6, 6.07) is 3.57. The summed E-state index contributed by atoms with van der Waals surface area (Å²) >= 11 is 0. The number of nitrogens with one attached hydrogen (secondary N) is 1. The van der Waals surface area contributed by atoms with Crippen molar-refractivity contribution >= 4 is 5.91 Å². The van der Waals surface area contributed by atoms with Gasteiger partial charge in [0.2, 0.25) is 5.91 Å². The molecule has 2 aromatic rings. The van der Waals surface area contributed by atoms with E-state index in [1.807, 2.05) is 4.90 Å². The van der Waals surface area contributed by atoms with Crippen LogP contribution in [0.5, 0.6) is 0 Å². The zero-order valence-corrected chi connectivity index (χ0v) is 14.8. The van der Waals surface area contributed by atoms with E-state index in [2.05, 4.69) is 15.0 Å².